The number of aromatic nitrogens is 3. The van der Waals surface area contributed by atoms with Crippen molar-refractivity contribution in [2.75, 3.05) is 22.5 Å². The highest BCUT2D eigenvalue weighted by atomic mass is 16.1. The van der Waals surface area contributed by atoms with Crippen molar-refractivity contribution in [3.8, 4) is 0 Å². The van der Waals surface area contributed by atoms with Crippen molar-refractivity contribution in [2.24, 2.45) is 23.5 Å². The van der Waals surface area contributed by atoms with Crippen molar-refractivity contribution in [1.82, 2.24) is 15.0 Å². The molecule has 3 heterocycles. The molecule has 0 radical (unpaired) electrons. The van der Waals surface area contributed by atoms with Crippen LogP contribution >= 0.6 is 0 Å². The van der Waals surface area contributed by atoms with Crippen LogP contribution in [0.2, 0.25) is 0 Å². The molecule has 0 spiro atoms. The quantitative estimate of drug-likeness (QED) is 0.406. The van der Waals surface area contributed by atoms with Gasteiger partial charge >= 0.3 is 0 Å². The van der Waals surface area contributed by atoms with Gasteiger partial charge in [0.1, 0.15) is 11.6 Å². The Kier molecular flexibility index (Phi) is 5.13. The minimum atomic E-state index is -0.247. The van der Waals surface area contributed by atoms with Gasteiger partial charge in [0, 0.05) is 36.2 Å². The van der Waals surface area contributed by atoms with E-state index in [4.69, 9.17) is 15.7 Å². The van der Waals surface area contributed by atoms with E-state index in [9.17, 15) is 4.79 Å². The number of pyridine rings is 1. The van der Waals surface area contributed by atoms with Gasteiger partial charge in [-0.15, -0.1) is 0 Å². The topological polar surface area (TPSA) is 118 Å². The molecule has 2 aliphatic carbocycles. The van der Waals surface area contributed by atoms with Crippen LogP contribution in [-0.2, 0) is 17.6 Å². The summed E-state index contributed by atoms with van der Waals surface area (Å²) >= 11 is 0. The second-order valence-electron chi connectivity index (χ2n) is 9.30. The van der Waals surface area contributed by atoms with E-state index in [1.54, 1.807) is 0 Å². The zero-order valence-corrected chi connectivity index (χ0v) is 18.7. The van der Waals surface area contributed by atoms with Gasteiger partial charge in [-0.3, -0.25) is 9.78 Å². The van der Waals surface area contributed by atoms with Crippen molar-refractivity contribution in [3.05, 3.63) is 77.6 Å². The molecule has 3 aromatic rings. The molecule has 1 amide bonds. The van der Waals surface area contributed by atoms with Crippen molar-refractivity contribution in [3.63, 3.8) is 0 Å². The first kappa shape index (κ1) is 20.7. The highest BCUT2D eigenvalue weighted by Crippen LogP contribution is 2.45. The number of nitrogens with zero attached hydrogens (tertiary/aromatic N) is 3. The number of anilines is 4. The minimum Gasteiger partial charge on any atom is -0.369 e. The third-order valence-corrected chi connectivity index (χ3v) is 7.13. The molecule has 0 saturated heterocycles. The average Bonchev–Trinajstić information content (AvgIpc) is 3.57. The van der Waals surface area contributed by atoms with Crippen molar-refractivity contribution in [1.29, 1.82) is 0 Å². The van der Waals surface area contributed by atoms with E-state index in [0.717, 1.165) is 48.7 Å². The van der Waals surface area contributed by atoms with Crippen LogP contribution in [0.4, 0.5) is 23.3 Å². The third kappa shape index (κ3) is 3.85. The molecule has 2 aromatic heterocycles. The van der Waals surface area contributed by atoms with Crippen LogP contribution in [0.5, 0.6) is 0 Å². The smallest absolute Gasteiger partial charge is 0.231 e. The van der Waals surface area contributed by atoms with Gasteiger partial charge in [0.15, 0.2) is 0 Å². The van der Waals surface area contributed by atoms with Gasteiger partial charge in [0.05, 0.1) is 5.92 Å². The Morgan fingerprint density at radius 2 is 1.79 bits per heavy atom. The molecule has 4 atom stereocenters. The fourth-order valence-electron chi connectivity index (χ4n) is 5.48. The lowest BCUT2D eigenvalue weighted by molar-refractivity contribution is -0.122. The van der Waals surface area contributed by atoms with E-state index in [1.807, 2.05) is 36.7 Å². The molecular formula is C26H27N7O. The van der Waals surface area contributed by atoms with Crippen LogP contribution in [0.25, 0.3) is 0 Å². The molecule has 8 heteroatoms. The molecule has 6 rings (SSSR count). The largest absolute Gasteiger partial charge is 0.369 e. The monoisotopic (exact) mass is 453 g/mol. The summed E-state index contributed by atoms with van der Waals surface area (Å²) in [6, 6.07) is 12.3. The SMILES string of the molecule is NC(=O)C1C2C=CC(C2)C1Nc1nc(Nc2ccc(Cc3ccncc3)cc2)nc2c1CCN2. The van der Waals surface area contributed by atoms with Crippen LogP contribution < -0.4 is 21.7 Å². The maximum atomic E-state index is 12.2. The highest BCUT2D eigenvalue weighted by Gasteiger charge is 2.47. The second-order valence-corrected chi connectivity index (χ2v) is 9.30. The Bertz CT molecular complexity index is 1240. The van der Waals surface area contributed by atoms with Gasteiger partial charge in [0.2, 0.25) is 11.9 Å². The number of primary amides is 1. The zero-order chi connectivity index (χ0) is 23.1. The van der Waals surface area contributed by atoms with Crippen molar-refractivity contribution >= 4 is 29.2 Å². The number of fused-ring (bicyclic) bond motifs is 3. The Morgan fingerprint density at radius 3 is 2.59 bits per heavy atom. The van der Waals surface area contributed by atoms with Gasteiger partial charge in [-0.2, -0.15) is 9.97 Å². The number of allylic oxidation sites excluding steroid dienone is 1. The van der Waals surface area contributed by atoms with Crippen LogP contribution in [0.3, 0.4) is 0 Å². The first-order valence-corrected chi connectivity index (χ1v) is 11.8. The van der Waals surface area contributed by atoms with E-state index in [2.05, 4.69) is 45.2 Å². The maximum absolute atomic E-state index is 12.2. The van der Waals surface area contributed by atoms with Gasteiger partial charge < -0.3 is 21.7 Å². The molecule has 1 saturated carbocycles. The number of hydrogen-bond donors (Lipinski definition) is 4. The molecule has 2 bridgehead atoms. The number of carbonyl (C=O) groups excluding carboxylic acids is 1. The first-order valence-electron chi connectivity index (χ1n) is 11.8. The van der Waals surface area contributed by atoms with E-state index < -0.39 is 0 Å². The lowest BCUT2D eigenvalue weighted by atomic mass is 9.88. The maximum Gasteiger partial charge on any atom is 0.231 e. The van der Waals surface area contributed by atoms with Crippen molar-refractivity contribution < 1.29 is 4.79 Å². The Balaban J connectivity index is 1.22. The molecule has 4 unspecified atom stereocenters. The predicted octanol–water partition coefficient (Wildman–Crippen LogP) is 3.26. The highest BCUT2D eigenvalue weighted by molar-refractivity contribution is 5.80. The summed E-state index contributed by atoms with van der Waals surface area (Å²) in [5.41, 5.74) is 10.2. The zero-order valence-electron chi connectivity index (χ0n) is 18.7. The molecule has 1 aromatic carbocycles. The molecule has 1 fully saturated rings. The third-order valence-electron chi connectivity index (χ3n) is 7.13. The molecular weight excluding hydrogens is 426 g/mol. The van der Waals surface area contributed by atoms with Gasteiger partial charge in [-0.1, -0.05) is 24.3 Å². The van der Waals surface area contributed by atoms with Crippen LogP contribution in [0.1, 0.15) is 23.1 Å². The summed E-state index contributed by atoms with van der Waals surface area (Å²) in [7, 11) is 0. The number of benzene rings is 1. The number of nitrogens with one attached hydrogen (secondary N) is 3. The summed E-state index contributed by atoms with van der Waals surface area (Å²) in [4.78, 5) is 25.7. The molecule has 5 N–H and O–H groups in total. The van der Waals surface area contributed by atoms with Crippen LogP contribution in [0, 0.1) is 17.8 Å². The van der Waals surface area contributed by atoms with E-state index in [1.165, 1.54) is 11.1 Å². The lowest BCUT2D eigenvalue weighted by Gasteiger charge is -2.28. The molecule has 172 valence electrons. The van der Waals surface area contributed by atoms with E-state index in [0.29, 0.717) is 11.9 Å². The summed E-state index contributed by atoms with van der Waals surface area (Å²) < 4.78 is 0. The molecule has 1 aliphatic heterocycles. The fourth-order valence-corrected chi connectivity index (χ4v) is 5.48. The van der Waals surface area contributed by atoms with Crippen LogP contribution in [-0.4, -0.2) is 33.4 Å². The summed E-state index contributed by atoms with van der Waals surface area (Å²) in [5.74, 6) is 2.20. The van der Waals surface area contributed by atoms with Gasteiger partial charge in [-0.05, 0) is 66.5 Å². The number of amides is 1. The first-order chi connectivity index (χ1) is 16.6. The Labute approximate surface area is 198 Å². The number of carbonyl (C=O) groups is 1. The second kappa shape index (κ2) is 8.44. The standard InChI is InChI=1S/C26H27N7O/c27-23(34)21-17-3-4-18(14-17)22(21)31-25-20-9-12-29-24(20)32-26(33-25)30-19-5-1-15(2-6-19)13-16-7-10-28-11-8-16/h1-8,10-11,17-18,21-22H,9,12-14H2,(H2,27,34)(H3,29,30,31,32,33). The summed E-state index contributed by atoms with van der Waals surface area (Å²) in [6.07, 6.45) is 10.6. The number of rotatable bonds is 7. The van der Waals surface area contributed by atoms with E-state index in [-0.39, 0.29) is 23.8 Å². The van der Waals surface area contributed by atoms with Crippen molar-refractivity contribution in [2.45, 2.75) is 25.3 Å². The predicted molar refractivity (Wildman–Crippen MR) is 132 cm³/mol. The summed E-state index contributed by atoms with van der Waals surface area (Å²) in [5, 5.41) is 10.3. The van der Waals surface area contributed by atoms with Gasteiger partial charge in [0.25, 0.3) is 0 Å². The molecule has 8 nitrogen and oxygen atoms in total. The van der Waals surface area contributed by atoms with E-state index >= 15 is 0 Å². The van der Waals surface area contributed by atoms with Crippen LogP contribution in [0.15, 0.2) is 60.9 Å². The summed E-state index contributed by atoms with van der Waals surface area (Å²) in [6.45, 7) is 0.821. The Hall–Kier alpha value is -3.94. The Morgan fingerprint density at radius 1 is 1.03 bits per heavy atom. The van der Waals surface area contributed by atoms with Gasteiger partial charge in [-0.25, -0.2) is 0 Å². The number of nitrogens with two attached hydrogens (primary N) is 1. The fraction of sp³-hybridized carbons (Fsp3) is 0.308. The molecule has 34 heavy (non-hydrogen) atoms. The lowest BCUT2D eigenvalue weighted by Crippen LogP contribution is -2.41. The average molecular weight is 454 g/mol. The number of hydrogen-bond acceptors (Lipinski definition) is 7. The minimum absolute atomic E-state index is 0.0348. The normalized spacial score (nSPS) is 24.0. The molecule has 3 aliphatic rings.